The number of carbonyl (C=O) groups excluding carboxylic acids is 1. The summed E-state index contributed by atoms with van der Waals surface area (Å²) in [6, 6.07) is 6.12. The molecule has 0 saturated heterocycles. The first kappa shape index (κ1) is 16.2. The van der Waals surface area contributed by atoms with Crippen LogP contribution in [0.3, 0.4) is 0 Å². The molecule has 0 saturated carbocycles. The van der Waals surface area contributed by atoms with Gasteiger partial charge in [-0.3, -0.25) is 9.69 Å². The van der Waals surface area contributed by atoms with Gasteiger partial charge in [0.2, 0.25) is 5.91 Å². The van der Waals surface area contributed by atoms with Crippen molar-refractivity contribution < 1.29 is 9.18 Å². The summed E-state index contributed by atoms with van der Waals surface area (Å²) in [6.07, 6.45) is 1.73. The quantitative estimate of drug-likeness (QED) is 0.860. The summed E-state index contributed by atoms with van der Waals surface area (Å²) < 4.78 is 12.9. The van der Waals surface area contributed by atoms with Crippen LogP contribution in [0.1, 0.15) is 30.0 Å². The van der Waals surface area contributed by atoms with Crippen molar-refractivity contribution >= 4 is 5.91 Å². The number of hydrogen-bond donors (Lipinski definition) is 2. The fourth-order valence-corrected chi connectivity index (χ4v) is 2.21. The van der Waals surface area contributed by atoms with Gasteiger partial charge in [-0.1, -0.05) is 12.1 Å². The summed E-state index contributed by atoms with van der Waals surface area (Å²) in [5, 5.41) is 2.90. The standard InChI is InChI=1S/C16H21FN4O/c1-11-8-18-16(19-11)12(2)20-15(22)10-21(3)9-13-4-6-14(17)7-5-13/h4-8,12H,9-10H2,1-3H3,(H,18,19)(H,20,22)/t12-/m1/s1. The normalized spacial score (nSPS) is 12.4. The molecule has 6 heteroatoms. The molecule has 0 aliphatic heterocycles. The highest BCUT2D eigenvalue weighted by atomic mass is 19.1. The number of imidazole rings is 1. The van der Waals surface area contributed by atoms with Gasteiger partial charge < -0.3 is 10.3 Å². The molecule has 118 valence electrons. The predicted octanol–water partition coefficient (Wildman–Crippen LogP) is 2.17. The van der Waals surface area contributed by atoms with E-state index in [1.54, 1.807) is 18.3 Å². The van der Waals surface area contributed by atoms with Gasteiger partial charge >= 0.3 is 0 Å². The lowest BCUT2D eigenvalue weighted by Crippen LogP contribution is -2.36. The summed E-state index contributed by atoms with van der Waals surface area (Å²) in [6.45, 7) is 4.65. The Kier molecular flexibility index (Phi) is 5.27. The van der Waals surface area contributed by atoms with Crippen LogP contribution in [0.2, 0.25) is 0 Å². The molecule has 0 bridgehead atoms. The number of nitrogens with one attached hydrogen (secondary N) is 2. The molecule has 0 unspecified atom stereocenters. The van der Waals surface area contributed by atoms with Crippen molar-refractivity contribution in [3.63, 3.8) is 0 Å². The molecule has 22 heavy (non-hydrogen) atoms. The van der Waals surface area contributed by atoms with E-state index in [0.717, 1.165) is 17.1 Å². The number of carbonyl (C=O) groups is 1. The highest BCUT2D eigenvalue weighted by Gasteiger charge is 2.13. The van der Waals surface area contributed by atoms with Crippen LogP contribution in [0.15, 0.2) is 30.5 Å². The van der Waals surface area contributed by atoms with E-state index >= 15 is 0 Å². The van der Waals surface area contributed by atoms with E-state index in [-0.39, 0.29) is 24.3 Å². The number of nitrogens with zero attached hydrogens (tertiary/aromatic N) is 2. The van der Waals surface area contributed by atoms with Crippen LogP contribution >= 0.6 is 0 Å². The lowest BCUT2D eigenvalue weighted by atomic mass is 10.2. The van der Waals surface area contributed by atoms with Gasteiger partial charge in [-0.15, -0.1) is 0 Å². The lowest BCUT2D eigenvalue weighted by Gasteiger charge is -2.18. The van der Waals surface area contributed by atoms with Gasteiger partial charge in [0.25, 0.3) is 0 Å². The monoisotopic (exact) mass is 304 g/mol. The topological polar surface area (TPSA) is 61.0 Å². The first-order chi connectivity index (χ1) is 10.4. The van der Waals surface area contributed by atoms with Crippen LogP contribution < -0.4 is 5.32 Å². The van der Waals surface area contributed by atoms with Crippen molar-refractivity contribution in [3.8, 4) is 0 Å². The second-order valence-electron chi connectivity index (χ2n) is 5.54. The molecule has 1 aromatic heterocycles. The van der Waals surface area contributed by atoms with E-state index < -0.39 is 0 Å². The molecular formula is C16H21FN4O. The summed E-state index contributed by atoms with van der Waals surface area (Å²) >= 11 is 0. The molecule has 2 N–H and O–H groups in total. The van der Waals surface area contributed by atoms with Crippen LogP contribution in [0, 0.1) is 12.7 Å². The molecule has 1 aromatic carbocycles. The number of amides is 1. The molecular weight excluding hydrogens is 283 g/mol. The zero-order valence-corrected chi connectivity index (χ0v) is 13.1. The number of hydrogen-bond acceptors (Lipinski definition) is 3. The largest absolute Gasteiger partial charge is 0.345 e. The number of benzene rings is 1. The zero-order valence-electron chi connectivity index (χ0n) is 13.1. The summed E-state index contributed by atoms with van der Waals surface area (Å²) in [4.78, 5) is 21.2. The Bertz CT molecular complexity index is 623. The Hall–Kier alpha value is -2.21. The van der Waals surface area contributed by atoms with Crippen LogP contribution in [0.5, 0.6) is 0 Å². The molecule has 5 nitrogen and oxygen atoms in total. The van der Waals surface area contributed by atoms with Crippen molar-refractivity contribution in [2.75, 3.05) is 13.6 Å². The number of H-pyrrole nitrogens is 1. The second-order valence-corrected chi connectivity index (χ2v) is 5.54. The number of likely N-dealkylation sites (N-methyl/N-ethyl adjacent to an activating group) is 1. The van der Waals surface area contributed by atoms with Gasteiger partial charge in [0, 0.05) is 18.4 Å². The fourth-order valence-electron chi connectivity index (χ4n) is 2.21. The average molecular weight is 304 g/mol. The molecule has 0 fully saturated rings. The van der Waals surface area contributed by atoms with Crippen molar-refractivity contribution in [3.05, 3.63) is 53.4 Å². The smallest absolute Gasteiger partial charge is 0.234 e. The van der Waals surface area contributed by atoms with Gasteiger partial charge in [0.15, 0.2) is 0 Å². The Morgan fingerprint density at radius 2 is 2.09 bits per heavy atom. The molecule has 0 aliphatic carbocycles. The Balaban J connectivity index is 1.82. The summed E-state index contributed by atoms with van der Waals surface area (Å²) in [5.74, 6) is 0.407. The van der Waals surface area contributed by atoms with Gasteiger partial charge in [-0.05, 0) is 38.6 Å². The van der Waals surface area contributed by atoms with Crippen LogP contribution in [0.25, 0.3) is 0 Å². The van der Waals surface area contributed by atoms with Crippen LogP contribution in [0.4, 0.5) is 4.39 Å². The molecule has 0 spiro atoms. The van der Waals surface area contributed by atoms with Gasteiger partial charge in [-0.2, -0.15) is 0 Å². The Morgan fingerprint density at radius 3 is 2.68 bits per heavy atom. The molecule has 1 heterocycles. The summed E-state index contributed by atoms with van der Waals surface area (Å²) in [7, 11) is 1.85. The first-order valence-corrected chi connectivity index (χ1v) is 7.18. The highest BCUT2D eigenvalue weighted by Crippen LogP contribution is 2.08. The lowest BCUT2D eigenvalue weighted by molar-refractivity contribution is -0.122. The highest BCUT2D eigenvalue weighted by molar-refractivity contribution is 5.78. The Labute approximate surface area is 129 Å². The number of rotatable bonds is 6. The maximum atomic E-state index is 12.9. The fraction of sp³-hybridized carbons (Fsp3) is 0.375. The zero-order chi connectivity index (χ0) is 16.1. The van der Waals surface area contributed by atoms with E-state index in [2.05, 4.69) is 15.3 Å². The van der Waals surface area contributed by atoms with Crippen molar-refractivity contribution in [2.24, 2.45) is 0 Å². The van der Waals surface area contributed by atoms with Crippen molar-refractivity contribution in [1.29, 1.82) is 0 Å². The van der Waals surface area contributed by atoms with E-state index in [1.807, 2.05) is 25.8 Å². The predicted molar refractivity (Wildman–Crippen MR) is 82.6 cm³/mol. The molecule has 2 rings (SSSR count). The maximum Gasteiger partial charge on any atom is 0.234 e. The minimum Gasteiger partial charge on any atom is -0.345 e. The molecule has 0 aliphatic rings. The van der Waals surface area contributed by atoms with Crippen LogP contribution in [-0.2, 0) is 11.3 Å². The third-order valence-electron chi connectivity index (χ3n) is 3.29. The first-order valence-electron chi connectivity index (χ1n) is 7.18. The molecule has 1 amide bonds. The second kappa shape index (κ2) is 7.17. The minimum atomic E-state index is -0.258. The van der Waals surface area contributed by atoms with Gasteiger partial charge in [0.05, 0.1) is 12.6 Å². The van der Waals surface area contributed by atoms with E-state index in [4.69, 9.17) is 0 Å². The van der Waals surface area contributed by atoms with E-state index in [9.17, 15) is 9.18 Å². The van der Waals surface area contributed by atoms with Gasteiger partial charge in [-0.25, -0.2) is 9.37 Å². The number of aryl methyl sites for hydroxylation is 1. The molecule has 2 aromatic rings. The van der Waals surface area contributed by atoms with Crippen molar-refractivity contribution in [1.82, 2.24) is 20.2 Å². The number of aromatic amines is 1. The van der Waals surface area contributed by atoms with E-state index in [1.165, 1.54) is 12.1 Å². The minimum absolute atomic E-state index is 0.0776. The number of halogens is 1. The molecule has 1 atom stereocenters. The van der Waals surface area contributed by atoms with Gasteiger partial charge in [0.1, 0.15) is 11.6 Å². The van der Waals surface area contributed by atoms with Crippen LogP contribution in [-0.4, -0.2) is 34.4 Å². The third-order valence-corrected chi connectivity index (χ3v) is 3.29. The van der Waals surface area contributed by atoms with E-state index in [0.29, 0.717) is 6.54 Å². The maximum absolute atomic E-state index is 12.9. The molecule has 0 radical (unpaired) electrons. The number of aromatic nitrogens is 2. The average Bonchev–Trinajstić information content (AvgIpc) is 2.88. The van der Waals surface area contributed by atoms with Crippen molar-refractivity contribution in [2.45, 2.75) is 26.4 Å². The Morgan fingerprint density at radius 1 is 1.41 bits per heavy atom. The third kappa shape index (κ3) is 4.66. The summed E-state index contributed by atoms with van der Waals surface area (Å²) in [5.41, 5.74) is 1.93. The SMILES string of the molecule is Cc1cnc([C@@H](C)NC(=O)CN(C)Cc2ccc(F)cc2)[nH]1.